The van der Waals surface area contributed by atoms with Crippen molar-refractivity contribution in [1.82, 2.24) is 24.9 Å². The molecule has 11 heteroatoms. The second kappa shape index (κ2) is 8.78. The Bertz CT molecular complexity index is 1110. The molecule has 166 valence electrons. The molecule has 8 nitrogen and oxygen atoms in total. The van der Waals surface area contributed by atoms with Crippen LogP contribution in [0.15, 0.2) is 18.2 Å². The van der Waals surface area contributed by atoms with Gasteiger partial charge < -0.3 is 14.8 Å². The van der Waals surface area contributed by atoms with Gasteiger partial charge in [0.1, 0.15) is 11.5 Å². The van der Waals surface area contributed by atoms with Crippen LogP contribution < -0.4 is 14.8 Å². The Hall–Kier alpha value is -3.37. The largest absolute Gasteiger partial charge is 0.497 e. The van der Waals surface area contributed by atoms with E-state index in [9.17, 15) is 18.0 Å². The van der Waals surface area contributed by atoms with Gasteiger partial charge in [-0.2, -0.15) is 18.2 Å². The predicted molar refractivity (Wildman–Crippen MR) is 105 cm³/mol. The lowest BCUT2D eigenvalue weighted by molar-refractivity contribution is -0.144. The zero-order valence-corrected chi connectivity index (χ0v) is 17.5. The predicted octanol–water partition coefficient (Wildman–Crippen LogP) is 3.03. The summed E-state index contributed by atoms with van der Waals surface area (Å²) in [6, 6.07) is 5.29. The van der Waals surface area contributed by atoms with Crippen molar-refractivity contribution in [3.8, 4) is 11.5 Å². The minimum atomic E-state index is -4.66. The van der Waals surface area contributed by atoms with E-state index in [4.69, 9.17) is 9.47 Å². The first-order valence-electron chi connectivity index (χ1n) is 9.41. The molecule has 1 aromatic carbocycles. The number of hydrogen-bond donors (Lipinski definition) is 1. The molecular formula is C20H22F3N5O3. The van der Waals surface area contributed by atoms with Gasteiger partial charge in [0.15, 0.2) is 0 Å². The van der Waals surface area contributed by atoms with Crippen molar-refractivity contribution in [2.45, 2.75) is 39.4 Å². The minimum Gasteiger partial charge on any atom is -0.497 e. The summed E-state index contributed by atoms with van der Waals surface area (Å²) >= 11 is 0. The number of alkyl halides is 3. The lowest BCUT2D eigenvalue weighted by atomic mass is 10.1. The molecule has 0 saturated heterocycles. The van der Waals surface area contributed by atoms with Crippen molar-refractivity contribution in [3.05, 3.63) is 46.5 Å². The van der Waals surface area contributed by atoms with E-state index < -0.39 is 12.0 Å². The molecule has 1 N–H and O–H groups in total. The van der Waals surface area contributed by atoms with Crippen LogP contribution in [0.2, 0.25) is 0 Å². The van der Waals surface area contributed by atoms with E-state index in [1.807, 2.05) is 0 Å². The molecule has 0 atom stereocenters. The number of benzene rings is 1. The second-order valence-corrected chi connectivity index (χ2v) is 6.86. The maximum Gasteiger partial charge on any atom is 0.453 e. The second-order valence-electron chi connectivity index (χ2n) is 6.86. The van der Waals surface area contributed by atoms with Crippen molar-refractivity contribution >= 4 is 11.7 Å². The Kier molecular flexibility index (Phi) is 6.32. The molecule has 2 aromatic heterocycles. The van der Waals surface area contributed by atoms with E-state index >= 15 is 0 Å². The van der Waals surface area contributed by atoms with Crippen LogP contribution in [0.4, 0.5) is 13.2 Å². The van der Waals surface area contributed by atoms with Gasteiger partial charge in [-0.3, -0.25) is 4.79 Å². The Balaban J connectivity index is 1.69. The average molecular weight is 437 g/mol. The van der Waals surface area contributed by atoms with Crippen LogP contribution in [0.3, 0.4) is 0 Å². The fourth-order valence-corrected chi connectivity index (χ4v) is 3.21. The smallest absolute Gasteiger partial charge is 0.453 e. The first kappa shape index (κ1) is 22.3. The average Bonchev–Trinajstić information content (AvgIpc) is 3.16. The van der Waals surface area contributed by atoms with Crippen LogP contribution in [0.25, 0.3) is 5.78 Å². The number of nitrogens with zero attached hydrogens (tertiary/aromatic N) is 4. The van der Waals surface area contributed by atoms with Gasteiger partial charge in [0.05, 0.1) is 14.2 Å². The molecule has 0 saturated carbocycles. The Morgan fingerprint density at radius 2 is 1.90 bits per heavy atom. The SMILES string of the molecule is COc1ccc(CNC(=O)CCc2c(C)nc3nc(C(F)(F)F)nn3c2C)c(OC)c1. The third-order valence-electron chi connectivity index (χ3n) is 4.87. The summed E-state index contributed by atoms with van der Waals surface area (Å²) in [5, 5.41) is 6.33. The molecule has 3 aromatic rings. The minimum absolute atomic E-state index is 0.123. The molecule has 0 aliphatic heterocycles. The van der Waals surface area contributed by atoms with Crippen molar-refractivity contribution in [3.63, 3.8) is 0 Å². The number of fused-ring (bicyclic) bond motifs is 1. The number of amides is 1. The Morgan fingerprint density at radius 1 is 1.16 bits per heavy atom. The van der Waals surface area contributed by atoms with Crippen LogP contribution in [0.5, 0.6) is 11.5 Å². The van der Waals surface area contributed by atoms with Gasteiger partial charge in [-0.1, -0.05) is 0 Å². The summed E-state index contributed by atoms with van der Waals surface area (Å²) < 4.78 is 50.2. The number of carbonyl (C=O) groups excluding carboxylic acids is 1. The Morgan fingerprint density at radius 3 is 2.55 bits per heavy atom. The third-order valence-corrected chi connectivity index (χ3v) is 4.87. The molecule has 0 radical (unpaired) electrons. The van der Waals surface area contributed by atoms with Crippen LogP contribution >= 0.6 is 0 Å². The van der Waals surface area contributed by atoms with E-state index in [2.05, 4.69) is 20.4 Å². The number of nitrogens with one attached hydrogen (secondary N) is 1. The molecule has 0 unspecified atom stereocenters. The molecule has 3 rings (SSSR count). The number of aryl methyl sites for hydroxylation is 2. The van der Waals surface area contributed by atoms with Gasteiger partial charge in [0.2, 0.25) is 5.91 Å². The summed E-state index contributed by atoms with van der Waals surface area (Å²) in [4.78, 5) is 19.9. The number of halogens is 3. The van der Waals surface area contributed by atoms with Crippen LogP contribution in [-0.4, -0.2) is 39.7 Å². The maximum absolute atomic E-state index is 12.9. The molecule has 0 spiro atoms. The first-order chi connectivity index (χ1) is 14.6. The zero-order chi connectivity index (χ0) is 22.8. The molecule has 0 fully saturated rings. The molecule has 0 aliphatic carbocycles. The van der Waals surface area contributed by atoms with Gasteiger partial charge in [-0.15, -0.1) is 5.10 Å². The fraction of sp³-hybridized carbons (Fsp3) is 0.400. The highest BCUT2D eigenvalue weighted by atomic mass is 19.4. The standard InChI is InChI=1S/C20H22F3N5O3/c1-11-15(12(2)28-19(25-11)26-18(27-28)20(21,22)23)7-8-17(29)24-10-13-5-6-14(30-3)9-16(13)31-4/h5-6,9H,7-8,10H2,1-4H3,(H,24,29). The summed E-state index contributed by atoms with van der Waals surface area (Å²) in [6.07, 6.45) is -4.22. The van der Waals surface area contributed by atoms with Gasteiger partial charge in [-0.05, 0) is 38.0 Å². The lowest BCUT2D eigenvalue weighted by Crippen LogP contribution is -2.23. The lowest BCUT2D eigenvalue weighted by Gasteiger charge is -2.12. The number of rotatable bonds is 7. The summed E-state index contributed by atoms with van der Waals surface area (Å²) in [5.74, 6) is -0.352. The molecular weight excluding hydrogens is 415 g/mol. The summed E-state index contributed by atoms with van der Waals surface area (Å²) in [7, 11) is 3.08. The number of methoxy groups -OCH3 is 2. The van der Waals surface area contributed by atoms with Crippen molar-refractivity contribution < 1.29 is 27.4 Å². The van der Waals surface area contributed by atoms with E-state index in [-0.39, 0.29) is 24.7 Å². The van der Waals surface area contributed by atoms with Crippen molar-refractivity contribution in [2.24, 2.45) is 0 Å². The van der Waals surface area contributed by atoms with Gasteiger partial charge in [0, 0.05) is 36.0 Å². The van der Waals surface area contributed by atoms with E-state index in [1.165, 1.54) is 7.11 Å². The van der Waals surface area contributed by atoms with Gasteiger partial charge in [0.25, 0.3) is 11.6 Å². The van der Waals surface area contributed by atoms with Gasteiger partial charge in [-0.25, -0.2) is 9.50 Å². The molecule has 2 heterocycles. The van der Waals surface area contributed by atoms with Crippen molar-refractivity contribution in [1.29, 1.82) is 0 Å². The van der Waals surface area contributed by atoms with E-state index in [1.54, 1.807) is 39.2 Å². The highest BCUT2D eigenvalue weighted by molar-refractivity contribution is 5.76. The molecule has 0 aliphatic rings. The number of aromatic nitrogens is 4. The fourth-order valence-electron chi connectivity index (χ4n) is 3.21. The normalized spacial score (nSPS) is 11.6. The quantitative estimate of drug-likeness (QED) is 0.611. The molecule has 1 amide bonds. The number of carbonyl (C=O) groups is 1. The topological polar surface area (TPSA) is 90.6 Å². The van der Waals surface area contributed by atoms with Gasteiger partial charge >= 0.3 is 6.18 Å². The van der Waals surface area contributed by atoms with Crippen LogP contribution in [0.1, 0.15) is 34.8 Å². The molecule has 0 bridgehead atoms. The Labute approximate surface area is 176 Å². The highest BCUT2D eigenvalue weighted by Crippen LogP contribution is 2.27. The van der Waals surface area contributed by atoms with Crippen molar-refractivity contribution in [2.75, 3.05) is 14.2 Å². The van der Waals surface area contributed by atoms with Crippen LogP contribution in [0, 0.1) is 13.8 Å². The summed E-state index contributed by atoms with van der Waals surface area (Å²) in [5.41, 5.74) is 2.42. The maximum atomic E-state index is 12.9. The van der Waals surface area contributed by atoms with E-state index in [0.29, 0.717) is 34.9 Å². The summed E-state index contributed by atoms with van der Waals surface area (Å²) in [6.45, 7) is 3.57. The van der Waals surface area contributed by atoms with E-state index in [0.717, 1.165) is 10.1 Å². The van der Waals surface area contributed by atoms with Crippen LogP contribution in [-0.2, 0) is 23.9 Å². The number of hydrogen-bond acceptors (Lipinski definition) is 6. The zero-order valence-electron chi connectivity index (χ0n) is 17.5. The third kappa shape index (κ3) is 4.86. The highest BCUT2D eigenvalue weighted by Gasteiger charge is 2.36. The number of ether oxygens (including phenoxy) is 2. The monoisotopic (exact) mass is 437 g/mol. The molecule has 31 heavy (non-hydrogen) atoms. The first-order valence-corrected chi connectivity index (χ1v) is 9.41.